The van der Waals surface area contributed by atoms with Crippen LogP contribution in [0.5, 0.6) is 0 Å². The molecule has 0 spiro atoms. The number of rotatable bonds is 3. The lowest BCUT2D eigenvalue weighted by molar-refractivity contribution is 0.486. The van der Waals surface area contributed by atoms with Gasteiger partial charge in [0.1, 0.15) is 4.90 Å². The molecule has 0 saturated carbocycles. The fraction of sp³-hybridized carbons (Fsp3) is 0.300. The van der Waals surface area contributed by atoms with E-state index in [2.05, 4.69) is 0 Å². The minimum Gasteiger partial charge on any atom is -0.207 e. The molecular weight excluding hydrogens is 248 g/mol. The molecule has 0 aromatic heterocycles. The highest BCUT2D eigenvalue weighted by Gasteiger charge is 2.22. The van der Waals surface area contributed by atoms with Crippen molar-refractivity contribution < 1.29 is 8.42 Å². The molecule has 0 atom stereocenters. The van der Waals surface area contributed by atoms with Crippen molar-refractivity contribution >= 4 is 21.6 Å². The van der Waals surface area contributed by atoms with Crippen LogP contribution in [0, 0.1) is 11.3 Å². The zero-order valence-electron chi connectivity index (χ0n) is 8.94. The van der Waals surface area contributed by atoms with Gasteiger partial charge in [0.25, 0.3) is 0 Å². The highest BCUT2D eigenvalue weighted by atomic mass is 35.5. The summed E-state index contributed by atoms with van der Waals surface area (Å²) < 4.78 is 25.1. The second kappa shape index (κ2) is 4.83. The Labute approximate surface area is 100 Å². The Hall–Kier alpha value is -1.09. The van der Waals surface area contributed by atoms with Crippen LogP contribution >= 0.6 is 11.6 Å². The molecule has 1 aromatic rings. The zero-order chi connectivity index (χ0) is 12.3. The molecule has 0 bridgehead atoms. The topological polar surface area (TPSA) is 61.2 Å². The van der Waals surface area contributed by atoms with Crippen LogP contribution in [0.2, 0.25) is 5.02 Å². The minimum absolute atomic E-state index is 0.0255. The summed E-state index contributed by atoms with van der Waals surface area (Å²) in [5.41, 5.74) is 0.336. The molecule has 0 aliphatic heterocycles. The van der Waals surface area contributed by atoms with E-state index in [1.807, 2.05) is 6.07 Å². The quantitative estimate of drug-likeness (QED) is 0.831. The summed E-state index contributed by atoms with van der Waals surface area (Å²) in [5.74, 6) is 0. The first-order chi connectivity index (χ1) is 7.43. The van der Waals surface area contributed by atoms with Gasteiger partial charge in [-0.3, -0.25) is 0 Å². The van der Waals surface area contributed by atoms with Gasteiger partial charge in [-0.25, -0.2) is 12.7 Å². The van der Waals surface area contributed by atoms with E-state index in [1.54, 1.807) is 6.92 Å². The van der Waals surface area contributed by atoms with Crippen molar-refractivity contribution in [2.24, 2.45) is 0 Å². The molecule has 0 aliphatic rings. The first-order valence-electron chi connectivity index (χ1n) is 4.59. The molecule has 86 valence electrons. The van der Waals surface area contributed by atoms with Gasteiger partial charge in [0.05, 0.1) is 16.7 Å². The predicted molar refractivity (Wildman–Crippen MR) is 61.7 cm³/mol. The fourth-order valence-corrected chi connectivity index (χ4v) is 2.81. The molecule has 16 heavy (non-hydrogen) atoms. The van der Waals surface area contributed by atoms with E-state index in [1.165, 1.54) is 29.6 Å². The molecule has 0 aliphatic carbocycles. The van der Waals surface area contributed by atoms with E-state index in [0.717, 1.165) is 0 Å². The van der Waals surface area contributed by atoms with Crippen molar-refractivity contribution in [2.45, 2.75) is 11.8 Å². The second-order valence-corrected chi connectivity index (χ2v) is 5.60. The molecule has 0 amide bonds. The first-order valence-corrected chi connectivity index (χ1v) is 6.41. The van der Waals surface area contributed by atoms with Gasteiger partial charge < -0.3 is 0 Å². The SMILES string of the molecule is CCN(C)S(=O)(=O)c1ccc(C#N)cc1Cl. The predicted octanol–water partition coefficient (Wildman–Crippen LogP) is 1.85. The summed E-state index contributed by atoms with van der Waals surface area (Å²) in [4.78, 5) is 0.0255. The molecule has 0 fully saturated rings. The monoisotopic (exact) mass is 258 g/mol. The summed E-state index contributed by atoms with van der Waals surface area (Å²) in [5, 5.41) is 8.71. The van der Waals surface area contributed by atoms with Gasteiger partial charge in [0, 0.05) is 13.6 Å². The summed E-state index contributed by atoms with van der Waals surface area (Å²) in [7, 11) is -2.08. The van der Waals surface area contributed by atoms with Gasteiger partial charge in [-0.05, 0) is 18.2 Å². The van der Waals surface area contributed by atoms with Gasteiger partial charge in [-0.15, -0.1) is 0 Å². The lowest BCUT2D eigenvalue weighted by Crippen LogP contribution is -2.26. The summed E-state index contributed by atoms with van der Waals surface area (Å²) in [6, 6.07) is 6.02. The van der Waals surface area contributed by atoms with Gasteiger partial charge in [-0.2, -0.15) is 5.26 Å². The molecule has 1 rings (SSSR count). The molecule has 6 heteroatoms. The molecule has 1 aromatic carbocycles. The fourth-order valence-electron chi connectivity index (χ4n) is 1.12. The lowest BCUT2D eigenvalue weighted by Gasteiger charge is -2.15. The van der Waals surface area contributed by atoms with Crippen molar-refractivity contribution in [2.75, 3.05) is 13.6 Å². The van der Waals surface area contributed by atoms with Crippen LogP contribution in [0.3, 0.4) is 0 Å². The Morgan fingerprint density at radius 1 is 1.50 bits per heavy atom. The molecule has 0 unspecified atom stereocenters. The smallest absolute Gasteiger partial charge is 0.207 e. The molecular formula is C10H11ClN2O2S. The summed E-state index contributed by atoms with van der Waals surface area (Å²) in [6.45, 7) is 2.09. The van der Waals surface area contributed by atoms with Gasteiger partial charge in [-0.1, -0.05) is 18.5 Å². The Morgan fingerprint density at radius 2 is 2.12 bits per heavy atom. The summed E-state index contributed by atoms with van der Waals surface area (Å²) >= 11 is 5.84. The minimum atomic E-state index is -3.55. The maximum Gasteiger partial charge on any atom is 0.244 e. The number of nitrogens with zero attached hydrogens (tertiary/aromatic N) is 2. The van der Waals surface area contributed by atoms with Gasteiger partial charge >= 0.3 is 0 Å². The molecule has 4 nitrogen and oxygen atoms in total. The van der Waals surface area contributed by atoms with Crippen LogP contribution in [0.4, 0.5) is 0 Å². The highest BCUT2D eigenvalue weighted by molar-refractivity contribution is 7.89. The third-order valence-electron chi connectivity index (χ3n) is 2.19. The number of hydrogen-bond acceptors (Lipinski definition) is 3. The number of nitriles is 1. The normalized spacial score (nSPS) is 11.4. The average Bonchev–Trinajstić information content (AvgIpc) is 2.27. The maximum atomic E-state index is 11.9. The number of sulfonamides is 1. The van der Waals surface area contributed by atoms with E-state index < -0.39 is 10.0 Å². The van der Waals surface area contributed by atoms with Crippen molar-refractivity contribution in [3.8, 4) is 6.07 Å². The number of hydrogen-bond donors (Lipinski definition) is 0. The Bertz CT molecular complexity index is 534. The van der Waals surface area contributed by atoms with Crippen LogP contribution in [0.25, 0.3) is 0 Å². The molecule has 0 N–H and O–H groups in total. The van der Waals surface area contributed by atoms with E-state index in [0.29, 0.717) is 12.1 Å². The van der Waals surface area contributed by atoms with Crippen molar-refractivity contribution in [1.82, 2.24) is 4.31 Å². The number of benzene rings is 1. The second-order valence-electron chi connectivity index (χ2n) is 3.18. The van der Waals surface area contributed by atoms with E-state index >= 15 is 0 Å². The average molecular weight is 259 g/mol. The van der Waals surface area contributed by atoms with Crippen LogP contribution in [0.1, 0.15) is 12.5 Å². The largest absolute Gasteiger partial charge is 0.244 e. The molecule has 0 saturated heterocycles. The molecule has 0 radical (unpaired) electrons. The van der Waals surface area contributed by atoms with Crippen molar-refractivity contribution in [3.63, 3.8) is 0 Å². The Balaban J connectivity index is 3.31. The van der Waals surface area contributed by atoms with E-state index in [-0.39, 0.29) is 9.92 Å². The molecule has 0 heterocycles. The van der Waals surface area contributed by atoms with Crippen LogP contribution in [0.15, 0.2) is 23.1 Å². The highest BCUT2D eigenvalue weighted by Crippen LogP contribution is 2.24. The van der Waals surface area contributed by atoms with Crippen LogP contribution in [-0.4, -0.2) is 26.3 Å². The van der Waals surface area contributed by atoms with Crippen molar-refractivity contribution in [3.05, 3.63) is 28.8 Å². The Morgan fingerprint density at radius 3 is 2.56 bits per heavy atom. The van der Waals surface area contributed by atoms with Crippen molar-refractivity contribution in [1.29, 1.82) is 5.26 Å². The van der Waals surface area contributed by atoms with E-state index in [9.17, 15) is 8.42 Å². The lowest BCUT2D eigenvalue weighted by atomic mass is 10.2. The summed E-state index contributed by atoms with van der Waals surface area (Å²) in [6.07, 6.45) is 0. The maximum absolute atomic E-state index is 11.9. The van der Waals surface area contributed by atoms with Crippen LogP contribution in [-0.2, 0) is 10.0 Å². The van der Waals surface area contributed by atoms with Gasteiger partial charge in [0.15, 0.2) is 0 Å². The Kier molecular flexibility index (Phi) is 3.92. The third kappa shape index (κ3) is 2.35. The zero-order valence-corrected chi connectivity index (χ0v) is 10.5. The van der Waals surface area contributed by atoms with Gasteiger partial charge in [0.2, 0.25) is 10.0 Å². The first kappa shape index (κ1) is 13.0. The third-order valence-corrected chi connectivity index (χ3v) is 4.61. The number of halogens is 1. The van der Waals surface area contributed by atoms with Crippen LogP contribution < -0.4 is 0 Å². The standard InChI is InChI=1S/C10H11ClN2O2S/c1-3-13(2)16(14,15)10-5-4-8(7-12)6-9(10)11/h4-6H,3H2,1-2H3. The van der Waals surface area contributed by atoms with E-state index in [4.69, 9.17) is 16.9 Å².